The number of amides is 5. The maximum Gasteiger partial charge on any atom is 0.326 e. The maximum atomic E-state index is 13.2. The quantitative estimate of drug-likeness (QED) is 0.112. The number of nitrogens with two attached hydrogens (primary N) is 2. The smallest absolute Gasteiger partial charge is 0.326 e. The first kappa shape index (κ1) is 30.1. The third-order valence-corrected chi connectivity index (χ3v) is 5.22. The highest BCUT2D eigenvalue weighted by Crippen LogP contribution is 2.08. The number of carboxylic acid groups (broad SMARTS) is 1. The number of rotatable bonds is 14. The van der Waals surface area contributed by atoms with E-state index in [0.29, 0.717) is 6.29 Å². The van der Waals surface area contributed by atoms with Crippen LogP contribution in [0.1, 0.15) is 46.5 Å². The number of urea groups is 1. The van der Waals surface area contributed by atoms with E-state index in [4.69, 9.17) is 11.5 Å². The molecule has 5 atom stereocenters. The van der Waals surface area contributed by atoms with Gasteiger partial charge in [0.2, 0.25) is 17.7 Å². The number of hydrogen-bond donors (Lipinski definition) is 8. The first-order valence-corrected chi connectivity index (χ1v) is 11.5. The van der Waals surface area contributed by atoms with Gasteiger partial charge in [0.05, 0.1) is 12.1 Å². The molecule has 1 rings (SSSR count). The van der Waals surface area contributed by atoms with E-state index in [1.807, 2.05) is 0 Å². The molecule has 0 bridgehead atoms. The Labute approximate surface area is 208 Å². The molecule has 1 heterocycles. The van der Waals surface area contributed by atoms with Gasteiger partial charge < -0.3 is 48.0 Å². The van der Waals surface area contributed by atoms with Gasteiger partial charge in [-0.05, 0) is 32.1 Å². The summed E-state index contributed by atoms with van der Waals surface area (Å²) in [5.74, 6) is -3.47. The molecule has 0 saturated heterocycles. The fraction of sp³-hybridized carbons (Fsp3) is 0.667. The lowest BCUT2D eigenvalue weighted by Gasteiger charge is -2.32. The van der Waals surface area contributed by atoms with Gasteiger partial charge in [-0.25, -0.2) is 9.59 Å². The topological polar surface area (TPSA) is 247 Å². The summed E-state index contributed by atoms with van der Waals surface area (Å²) in [7, 11) is 0. The number of primary amides is 1. The Hall–Kier alpha value is -3.91. The van der Waals surface area contributed by atoms with Gasteiger partial charge in [0.1, 0.15) is 24.4 Å². The first-order chi connectivity index (χ1) is 16.8. The average molecular weight is 513 g/mol. The lowest BCUT2D eigenvalue weighted by Crippen LogP contribution is -2.64. The zero-order valence-corrected chi connectivity index (χ0v) is 20.6. The summed E-state index contributed by atoms with van der Waals surface area (Å²) in [6, 6.07) is -6.26. The Morgan fingerprint density at radius 3 is 2.28 bits per heavy atom. The highest BCUT2D eigenvalue weighted by atomic mass is 16.4. The van der Waals surface area contributed by atoms with Gasteiger partial charge in [0.15, 0.2) is 5.96 Å². The second kappa shape index (κ2) is 14.5. The van der Waals surface area contributed by atoms with E-state index in [0.717, 1.165) is 0 Å². The lowest BCUT2D eigenvalue weighted by atomic mass is 10.0. The van der Waals surface area contributed by atoms with E-state index in [1.54, 1.807) is 13.8 Å². The second-order valence-corrected chi connectivity index (χ2v) is 8.92. The first-order valence-electron chi connectivity index (χ1n) is 11.5. The molecule has 36 heavy (non-hydrogen) atoms. The number of aliphatic imine (C=N–C) groups is 1. The van der Waals surface area contributed by atoms with E-state index < -0.39 is 59.9 Å². The summed E-state index contributed by atoms with van der Waals surface area (Å²) >= 11 is 0. The molecule has 0 aromatic heterocycles. The van der Waals surface area contributed by atoms with Crippen LogP contribution in [-0.2, 0) is 24.0 Å². The standard InChI is InChI=1S/C21H36N8O7/c1-10(2)8-14(19(34)35)28-21(36)29-16(12-6-7-24-20(23)27-12)18(33)26-13(4-5-15(22)31)17(32)25-11(3)9-30/h9-14,16H,4-8H2,1-3H3,(H2,22,31)(H,25,32)(H,26,33)(H,34,35)(H3,23,24,27)(H2,28,29,36)/t11?,12?,13-,14?,16-/m0/s1. The van der Waals surface area contributed by atoms with Crippen molar-refractivity contribution in [3.63, 3.8) is 0 Å². The molecule has 0 radical (unpaired) electrons. The van der Waals surface area contributed by atoms with E-state index in [-0.39, 0.29) is 44.1 Å². The molecule has 10 N–H and O–H groups in total. The van der Waals surface area contributed by atoms with Gasteiger partial charge in [0.25, 0.3) is 0 Å². The van der Waals surface area contributed by atoms with Gasteiger partial charge in [-0.2, -0.15) is 0 Å². The Bertz CT molecular complexity index is 863. The van der Waals surface area contributed by atoms with E-state index in [1.165, 1.54) is 6.92 Å². The number of aliphatic carboxylic acids is 1. The molecule has 0 aromatic rings. The summed E-state index contributed by atoms with van der Waals surface area (Å²) in [6.07, 6.45) is 0.542. The normalized spacial score (nSPS) is 18.3. The number of carbonyl (C=O) groups excluding carboxylic acids is 5. The van der Waals surface area contributed by atoms with Gasteiger partial charge in [0, 0.05) is 13.0 Å². The Morgan fingerprint density at radius 1 is 1.08 bits per heavy atom. The highest BCUT2D eigenvalue weighted by Gasteiger charge is 2.35. The molecule has 0 aromatic carbocycles. The molecule has 0 saturated carbocycles. The van der Waals surface area contributed by atoms with Gasteiger partial charge in [-0.15, -0.1) is 0 Å². The van der Waals surface area contributed by atoms with Crippen LogP contribution in [0, 0.1) is 5.92 Å². The van der Waals surface area contributed by atoms with Gasteiger partial charge in [-0.1, -0.05) is 13.8 Å². The predicted octanol–water partition coefficient (Wildman–Crippen LogP) is -2.72. The summed E-state index contributed by atoms with van der Waals surface area (Å²) in [6.45, 7) is 5.27. The number of guanidine groups is 1. The SMILES string of the molecule is CC(C)CC(NC(=O)N[C@H](C(=O)N[C@@H](CCC(N)=O)C(=O)NC(C)C=O)C1CCN=C(N)N1)C(=O)O. The molecule has 15 heteroatoms. The average Bonchev–Trinajstić information content (AvgIpc) is 2.78. The monoisotopic (exact) mass is 512 g/mol. The summed E-state index contributed by atoms with van der Waals surface area (Å²) < 4.78 is 0. The van der Waals surface area contributed by atoms with Crippen molar-refractivity contribution in [2.75, 3.05) is 6.54 Å². The molecular formula is C21H36N8O7. The maximum absolute atomic E-state index is 13.2. The van der Waals surface area contributed by atoms with Crippen LogP contribution in [-0.4, -0.2) is 83.8 Å². The van der Waals surface area contributed by atoms with E-state index in [2.05, 4.69) is 31.6 Å². The largest absolute Gasteiger partial charge is 0.480 e. The van der Waals surface area contributed by atoms with Crippen molar-refractivity contribution >= 4 is 42.0 Å². The molecule has 202 valence electrons. The van der Waals surface area contributed by atoms with Crippen molar-refractivity contribution in [1.29, 1.82) is 0 Å². The van der Waals surface area contributed by atoms with Gasteiger partial charge in [-0.3, -0.25) is 19.4 Å². The van der Waals surface area contributed by atoms with Crippen LogP contribution in [0.5, 0.6) is 0 Å². The molecule has 0 fully saturated rings. The third-order valence-electron chi connectivity index (χ3n) is 5.22. The number of carbonyl (C=O) groups is 6. The summed E-state index contributed by atoms with van der Waals surface area (Å²) in [4.78, 5) is 76.2. The number of aldehydes is 1. The number of hydrogen-bond acceptors (Lipinski definition) is 9. The van der Waals surface area contributed by atoms with Crippen LogP contribution in [0.15, 0.2) is 4.99 Å². The lowest BCUT2D eigenvalue weighted by molar-refractivity contribution is -0.139. The Kier molecular flexibility index (Phi) is 12.1. The fourth-order valence-electron chi connectivity index (χ4n) is 3.44. The van der Waals surface area contributed by atoms with Crippen molar-refractivity contribution in [1.82, 2.24) is 26.6 Å². The van der Waals surface area contributed by atoms with Crippen LogP contribution < -0.4 is 38.1 Å². The highest BCUT2D eigenvalue weighted by molar-refractivity contribution is 5.94. The molecule has 5 amide bonds. The molecule has 0 spiro atoms. The van der Waals surface area contributed by atoms with Crippen LogP contribution in [0.3, 0.4) is 0 Å². The molecule has 1 aliphatic heterocycles. The van der Waals surface area contributed by atoms with Crippen LogP contribution >= 0.6 is 0 Å². The van der Waals surface area contributed by atoms with Crippen molar-refractivity contribution in [3.8, 4) is 0 Å². The summed E-state index contributed by atoms with van der Waals surface area (Å²) in [5, 5.41) is 21.8. The van der Waals surface area contributed by atoms with Crippen LogP contribution in [0.25, 0.3) is 0 Å². The van der Waals surface area contributed by atoms with E-state index >= 15 is 0 Å². The van der Waals surface area contributed by atoms with E-state index in [9.17, 15) is 33.9 Å². The minimum Gasteiger partial charge on any atom is -0.480 e. The van der Waals surface area contributed by atoms with Gasteiger partial charge >= 0.3 is 12.0 Å². The zero-order valence-electron chi connectivity index (χ0n) is 20.6. The molecule has 1 aliphatic rings. The van der Waals surface area contributed by atoms with Crippen LogP contribution in [0.2, 0.25) is 0 Å². The van der Waals surface area contributed by atoms with Crippen molar-refractivity contribution in [3.05, 3.63) is 0 Å². The van der Waals surface area contributed by atoms with Crippen molar-refractivity contribution in [2.24, 2.45) is 22.4 Å². The van der Waals surface area contributed by atoms with Crippen molar-refractivity contribution in [2.45, 2.75) is 76.7 Å². The molecular weight excluding hydrogens is 476 g/mol. The van der Waals surface area contributed by atoms with Crippen LogP contribution in [0.4, 0.5) is 4.79 Å². The molecule has 3 unspecified atom stereocenters. The third kappa shape index (κ3) is 10.6. The summed E-state index contributed by atoms with van der Waals surface area (Å²) in [5.41, 5.74) is 10.9. The number of carboxylic acids is 1. The number of nitrogens with one attached hydrogen (secondary N) is 5. The van der Waals surface area contributed by atoms with Crippen molar-refractivity contribution < 1.29 is 33.9 Å². The molecule has 15 nitrogen and oxygen atoms in total. The molecule has 0 aliphatic carbocycles. The zero-order chi connectivity index (χ0) is 27.4. The minimum absolute atomic E-state index is 0.0280. The predicted molar refractivity (Wildman–Crippen MR) is 128 cm³/mol. The Balaban J connectivity index is 3.10. The second-order valence-electron chi connectivity index (χ2n) is 8.92. The fourth-order valence-corrected chi connectivity index (χ4v) is 3.44. The Morgan fingerprint density at radius 2 is 1.75 bits per heavy atom. The minimum atomic E-state index is -1.31. The number of nitrogens with zero attached hydrogens (tertiary/aromatic N) is 1.